The molecular weight excluding hydrogens is 625 g/mol. The smallest absolute Gasteiger partial charge is 0.425 e. The minimum Gasteiger partial charge on any atom is -0.452 e. The third-order valence-corrected chi connectivity index (χ3v) is 9.62. The van der Waals surface area contributed by atoms with Gasteiger partial charge >= 0.3 is 18.1 Å². The largest absolute Gasteiger partial charge is 0.452 e. The monoisotopic (exact) mass is 678 g/mol. The lowest BCUT2D eigenvalue weighted by Crippen LogP contribution is -2.37. The van der Waals surface area contributed by atoms with Gasteiger partial charge in [-0.15, -0.1) is 0 Å². The van der Waals surface area contributed by atoms with Gasteiger partial charge in [0, 0.05) is 0 Å². The summed E-state index contributed by atoms with van der Waals surface area (Å²) in [7, 11) is 0. The summed E-state index contributed by atoms with van der Waals surface area (Å²) < 4.78 is 51.3. The van der Waals surface area contributed by atoms with Crippen molar-refractivity contribution in [1.29, 1.82) is 0 Å². The second-order valence-corrected chi connectivity index (χ2v) is 13.6. The fourth-order valence-electron chi connectivity index (χ4n) is 6.57. The molecule has 266 valence electrons. The summed E-state index contributed by atoms with van der Waals surface area (Å²) in [4.78, 5) is 25.7. The van der Waals surface area contributed by atoms with Gasteiger partial charge in [-0.1, -0.05) is 121 Å². The Morgan fingerprint density at radius 1 is 0.735 bits per heavy atom. The van der Waals surface area contributed by atoms with E-state index in [4.69, 9.17) is 9.47 Å². The molecule has 0 radical (unpaired) electrons. The number of halogens is 3. The average Bonchev–Trinajstić information content (AvgIpc) is 3.10. The van der Waals surface area contributed by atoms with Gasteiger partial charge in [0.25, 0.3) is 0 Å². The lowest BCUT2D eigenvalue weighted by molar-refractivity contribution is -0.225. The molecule has 0 saturated heterocycles. The number of aryl methyl sites for hydroxylation is 2. The van der Waals surface area contributed by atoms with E-state index in [2.05, 4.69) is 31.2 Å². The number of rotatable bonds is 19. The summed E-state index contributed by atoms with van der Waals surface area (Å²) >= 11 is 0. The Labute approximate surface area is 290 Å². The highest BCUT2D eigenvalue weighted by Gasteiger charge is 2.43. The van der Waals surface area contributed by atoms with Gasteiger partial charge in [0.1, 0.15) is 5.75 Å². The minimum absolute atomic E-state index is 0.206. The molecule has 0 N–H and O–H groups in total. The molecule has 49 heavy (non-hydrogen) atoms. The Balaban J connectivity index is 1.24. The van der Waals surface area contributed by atoms with E-state index in [9.17, 15) is 22.8 Å². The maximum Gasteiger partial charge on any atom is 0.425 e. The number of hydrogen-bond acceptors (Lipinski definition) is 4. The minimum atomic E-state index is -4.58. The molecule has 1 aliphatic rings. The normalized spacial score (nSPS) is 15.0. The molecule has 7 heteroatoms. The Hall–Kier alpha value is -3.61. The van der Waals surface area contributed by atoms with Crippen LogP contribution in [-0.4, -0.2) is 24.2 Å². The van der Waals surface area contributed by atoms with Crippen LogP contribution < -0.4 is 4.74 Å². The summed E-state index contributed by atoms with van der Waals surface area (Å²) in [5.74, 6) is -1.50. The molecule has 2 atom stereocenters. The predicted octanol–water partition coefficient (Wildman–Crippen LogP) is 11.8. The molecule has 0 fully saturated rings. The van der Waals surface area contributed by atoms with Crippen LogP contribution in [0.4, 0.5) is 13.2 Å². The number of benzene rings is 3. The van der Waals surface area contributed by atoms with Crippen molar-refractivity contribution in [1.82, 2.24) is 0 Å². The van der Waals surface area contributed by atoms with Gasteiger partial charge in [-0.2, -0.15) is 13.2 Å². The van der Waals surface area contributed by atoms with E-state index < -0.39 is 30.1 Å². The maximum atomic E-state index is 13.5. The average molecular weight is 679 g/mol. The van der Waals surface area contributed by atoms with Crippen LogP contribution in [0.15, 0.2) is 66.7 Å². The zero-order valence-electron chi connectivity index (χ0n) is 29.3. The van der Waals surface area contributed by atoms with Crippen molar-refractivity contribution < 1.29 is 32.2 Å². The first-order valence-corrected chi connectivity index (χ1v) is 18.5. The molecule has 4 rings (SSSR count). The highest BCUT2D eigenvalue weighted by molar-refractivity contribution is 5.91. The Morgan fingerprint density at radius 3 is 1.96 bits per heavy atom. The number of unbranched alkanes of at least 4 members (excludes halogenated alkanes) is 10. The molecule has 0 spiro atoms. The SMILES string of the molecule is CCCCCCCCCCc1ccc(-c2ccc(C(=O)Oc3ccc4c(c3)CCC(C(=O)O[C@H](CCCCCC)C(F)(F)F)C4)cc2)cc1. The van der Waals surface area contributed by atoms with Crippen molar-refractivity contribution in [2.24, 2.45) is 5.92 Å². The van der Waals surface area contributed by atoms with E-state index in [-0.39, 0.29) is 6.42 Å². The van der Waals surface area contributed by atoms with Crippen LogP contribution in [0, 0.1) is 5.92 Å². The van der Waals surface area contributed by atoms with Gasteiger partial charge in [0.05, 0.1) is 11.5 Å². The molecule has 0 aromatic heterocycles. The molecule has 0 heterocycles. The van der Waals surface area contributed by atoms with Crippen molar-refractivity contribution >= 4 is 11.9 Å². The van der Waals surface area contributed by atoms with Crippen molar-refractivity contribution in [3.8, 4) is 16.9 Å². The van der Waals surface area contributed by atoms with E-state index in [1.165, 1.54) is 56.9 Å². The quantitative estimate of drug-likeness (QED) is 0.0719. The number of carbonyl (C=O) groups is 2. The second-order valence-electron chi connectivity index (χ2n) is 13.6. The van der Waals surface area contributed by atoms with Crippen molar-refractivity contribution in [2.75, 3.05) is 0 Å². The van der Waals surface area contributed by atoms with Crippen molar-refractivity contribution in [2.45, 2.75) is 135 Å². The van der Waals surface area contributed by atoms with Gasteiger partial charge in [-0.05, 0) is 97.0 Å². The van der Waals surface area contributed by atoms with E-state index in [0.29, 0.717) is 43.4 Å². The molecule has 0 amide bonds. The fraction of sp³-hybridized carbons (Fsp3) is 0.524. The van der Waals surface area contributed by atoms with Crippen LogP contribution >= 0.6 is 0 Å². The van der Waals surface area contributed by atoms with Gasteiger partial charge in [-0.25, -0.2) is 4.79 Å². The lowest BCUT2D eigenvalue weighted by Gasteiger charge is -2.27. The summed E-state index contributed by atoms with van der Waals surface area (Å²) in [5, 5.41) is 0. The lowest BCUT2D eigenvalue weighted by atomic mass is 9.84. The molecule has 3 aromatic rings. The summed E-state index contributed by atoms with van der Waals surface area (Å²) in [5.41, 5.74) is 5.67. The summed E-state index contributed by atoms with van der Waals surface area (Å²) in [6.07, 6.45) is 8.75. The zero-order chi connectivity index (χ0) is 35.1. The van der Waals surface area contributed by atoms with Crippen LogP contribution in [0.2, 0.25) is 0 Å². The van der Waals surface area contributed by atoms with Gasteiger partial charge in [0.15, 0.2) is 6.10 Å². The van der Waals surface area contributed by atoms with Crippen molar-refractivity contribution in [3.05, 3.63) is 89.0 Å². The molecule has 0 saturated carbocycles. The topological polar surface area (TPSA) is 52.6 Å². The van der Waals surface area contributed by atoms with Gasteiger partial charge in [0.2, 0.25) is 0 Å². The number of alkyl halides is 3. The molecule has 3 aromatic carbocycles. The van der Waals surface area contributed by atoms with Crippen LogP contribution in [0.1, 0.15) is 131 Å². The van der Waals surface area contributed by atoms with Crippen molar-refractivity contribution in [3.63, 3.8) is 0 Å². The molecule has 0 bridgehead atoms. The Morgan fingerprint density at radius 2 is 1.33 bits per heavy atom. The van der Waals surface area contributed by atoms with E-state index in [1.54, 1.807) is 30.3 Å². The summed E-state index contributed by atoms with van der Waals surface area (Å²) in [6, 6.07) is 21.2. The van der Waals surface area contributed by atoms with E-state index in [0.717, 1.165) is 41.5 Å². The van der Waals surface area contributed by atoms with Crippen LogP contribution in [-0.2, 0) is 28.8 Å². The number of carbonyl (C=O) groups excluding carboxylic acids is 2. The Bertz CT molecular complexity index is 1450. The van der Waals surface area contributed by atoms with Crippen LogP contribution in [0.25, 0.3) is 11.1 Å². The first-order chi connectivity index (χ1) is 23.7. The van der Waals surface area contributed by atoms with Gasteiger partial charge < -0.3 is 9.47 Å². The second kappa shape index (κ2) is 19.5. The number of ether oxygens (including phenoxy) is 2. The first kappa shape index (κ1) is 38.2. The maximum absolute atomic E-state index is 13.5. The molecular formula is C42H53F3O4. The third kappa shape index (κ3) is 12.3. The van der Waals surface area contributed by atoms with E-state index in [1.807, 2.05) is 19.1 Å². The summed E-state index contributed by atoms with van der Waals surface area (Å²) in [6.45, 7) is 4.24. The highest BCUT2D eigenvalue weighted by Crippen LogP contribution is 2.33. The Kier molecular flexibility index (Phi) is 15.2. The fourth-order valence-corrected chi connectivity index (χ4v) is 6.57. The molecule has 4 nitrogen and oxygen atoms in total. The zero-order valence-corrected chi connectivity index (χ0v) is 29.3. The third-order valence-electron chi connectivity index (χ3n) is 9.62. The molecule has 0 aliphatic heterocycles. The van der Waals surface area contributed by atoms with Crippen LogP contribution in [0.3, 0.4) is 0 Å². The number of fused-ring (bicyclic) bond motifs is 1. The van der Waals surface area contributed by atoms with E-state index >= 15 is 0 Å². The molecule has 1 aliphatic carbocycles. The standard InChI is InChI=1S/C42H53F3O4/c1-3-5-7-9-10-11-12-13-15-31-17-19-32(20-18-31)33-21-23-34(24-22-33)40(46)48-38-28-27-35-29-37(26-25-36(35)30-38)41(47)49-39(42(43,44)45)16-14-8-6-4-2/h17-24,27-28,30,37,39H,3-16,25-26,29H2,1-2H3/t37?,39-/m1/s1. The predicted molar refractivity (Wildman–Crippen MR) is 190 cm³/mol. The number of esters is 2. The number of hydrogen-bond donors (Lipinski definition) is 0. The molecule has 1 unspecified atom stereocenters. The highest BCUT2D eigenvalue weighted by atomic mass is 19.4. The first-order valence-electron chi connectivity index (χ1n) is 18.5. The van der Waals surface area contributed by atoms with Crippen LogP contribution in [0.5, 0.6) is 5.75 Å². The van der Waals surface area contributed by atoms with Gasteiger partial charge in [-0.3, -0.25) is 4.79 Å².